The third-order valence-corrected chi connectivity index (χ3v) is 4.36. The molecule has 23 heavy (non-hydrogen) atoms. The van der Waals surface area contributed by atoms with E-state index >= 15 is 0 Å². The van der Waals surface area contributed by atoms with Crippen molar-refractivity contribution in [1.29, 1.82) is 0 Å². The number of hydrogen-bond acceptors (Lipinski definition) is 0. The van der Waals surface area contributed by atoms with Gasteiger partial charge in [0.2, 0.25) is 0 Å². The van der Waals surface area contributed by atoms with E-state index in [-0.39, 0.29) is 0 Å². The van der Waals surface area contributed by atoms with E-state index in [0.717, 1.165) is 21.6 Å². The molecule has 0 fully saturated rings. The minimum absolute atomic E-state index is 0.762. The Bertz CT molecular complexity index is 966. The number of benzene rings is 3. The van der Waals surface area contributed by atoms with Crippen LogP contribution in [0.4, 0.5) is 0 Å². The van der Waals surface area contributed by atoms with Crippen molar-refractivity contribution < 1.29 is 0 Å². The molecule has 0 saturated heterocycles. The van der Waals surface area contributed by atoms with E-state index < -0.39 is 0 Å². The molecule has 4 rings (SSSR count). The number of rotatable bonds is 2. The fourth-order valence-electron chi connectivity index (χ4n) is 2.98. The largest absolute Gasteiger partial charge is 0.309 e. The van der Waals surface area contributed by atoms with E-state index in [1.54, 1.807) is 0 Å². The molecule has 2 heteroatoms. The Kier molecular flexibility index (Phi) is 3.44. The zero-order chi connectivity index (χ0) is 15.8. The van der Waals surface area contributed by atoms with Crippen LogP contribution in [-0.2, 0) is 0 Å². The van der Waals surface area contributed by atoms with Gasteiger partial charge in [-0.3, -0.25) is 0 Å². The second-order valence-corrected chi connectivity index (χ2v) is 6.21. The Labute approximate surface area is 140 Å². The molecule has 0 aliphatic carbocycles. The van der Waals surface area contributed by atoms with Gasteiger partial charge in [0, 0.05) is 16.1 Å². The molecule has 0 unspecified atom stereocenters. The third-order valence-electron chi connectivity index (χ3n) is 4.13. The van der Waals surface area contributed by atoms with Gasteiger partial charge in [-0.05, 0) is 48.9 Å². The minimum Gasteiger partial charge on any atom is -0.309 e. The van der Waals surface area contributed by atoms with Gasteiger partial charge < -0.3 is 4.57 Å². The van der Waals surface area contributed by atoms with Crippen LogP contribution in [-0.4, -0.2) is 4.57 Å². The van der Waals surface area contributed by atoms with Gasteiger partial charge >= 0.3 is 0 Å². The van der Waals surface area contributed by atoms with Crippen molar-refractivity contribution >= 4 is 22.5 Å². The monoisotopic (exact) mass is 317 g/mol. The summed E-state index contributed by atoms with van der Waals surface area (Å²) in [4.78, 5) is 0. The van der Waals surface area contributed by atoms with Crippen LogP contribution < -0.4 is 0 Å². The lowest BCUT2D eigenvalue weighted by molar-refractivity contribution is 1.13. The van der Waals surface area contributed by atoms with Crippen LogP contribution in [0.2, 0.25) is 5.02 Å². The van der Waals surface area contributed by atoms with E-state index in [2.05, 4.69) is 72.2 Å². The Morgan fingerprint density at radius 3 is 2.26 bits per heavy atom. The van der Waals surface area contributed by atoms with Crippen LogP contribution in [0.15, 0.2) is 78.9 Å². The van der Waals surface area contributed by atoms with Gasteiger partial charge in [0.25, 0.3) is 0 Å². The lowest BCUT2D eigenvalue weighted by Gasteiger charge is -2.11. The van der Waals surface area contributed by atoms with Crippen LogP contribution in [0.5, 0.6) is 0 Å². The number of hydrogen-bond donors (Lipinski definition) is 0. The molecule has 0 spiro atoms. The van der Waals surface area contributed by atoms with Gasteiger partial charge in [0.15, 0.2) is 0 Å². The highest BCUT2D eigenvalue weighted by Crippen LogP contribution is 2.32. The summed E-state index contributed by atoms with van der Waals surface area (Å²) < 4.78 is 2.29. The molecule has 112 valence electrons. The highest BCUT2D eigenvalue weighted by Gasteiger charge is 2.12. The maximum atomic E-state index is 6.18. The van der Waals surface area contributed by atoms with Crippen molar-refractivity contribution in [2.24, 2.45) is 0 Å². The van der Waals surface area contributed by atoms with E-state index in [4.69, 9.17) is 11.6 Å². The molecule has 0 saturated carbocycles. The van der Waals surface area contributed by atoms with E-state index in [0.29, 0.717) is 0 Å². The summed E-state index contributed by atoms with van der Waals surface area (Å²) in [5, 5.41) is 1.91. The molecular weight excluding hydrogens is 302 g/mol. The lowest BCUT2D eigenvalue weighted by atomic mass is 10.1. The molecule has 1 heterocycles. The van der Waals surface area contributed by atoms with Gasteiger partial charge in [-0.25, -0.2) is 0 Å². The number of halogens is 1. The molecular formula is C21H16ClN. The fraction of sp³-hybridized carbons (Fsp3) is 0.0476. The van der Waals surface area contributed by atoms with E-state index in [1.807, 2.05) is 18.2 Å². The summed E-state index contributed by atoms with van der Waals surface area (Å²) in [7, 11) is 0. The van der Waals surface area contributed by atoms with E-state index in [1.165, 1.54) is 16.8 Å². The minimum atomic E-state index is 0.762. The summed E-state index contributed by atoms with van der Waals surface area (Å²) in [5.74, 6) is 0. The summed E-state index contributed by atoms with van der Waals surface area (Å²) in [6.07, 6.45) is 0. The van der Waals surface area contributed by atoms with E-state index in [9.17, 15) is 0 Å². The Morgan fingerprint density at radius 1 is 0.783 bits per heavy atom. The zero-order valence-electron chi connectivity index (χ0n) is 12.8. The first-order chi connectivity index (χ1) is 11.2. The lowest BCUT2D eigenvalue weighted by Crippen LogP contribution is -1.96. The number of aromatic nitrogens is 1. The van der Waals surface area contributed by atoms with Crippen molar-refractivity contribution in [2.75, 3.05) is 0 Å². The van der Waals surface area contributed by atoms with Crippen molar-refractivity contribution in [3.8, 4) is 16.9 Å². The number of aryl methyl sites for hydroxylation is 1. The highest BCUT2D eigenvalue weighted by atomic mass is 35.5. The SMILES string of the molecule is Cc1ccc(-n2c(-c3ccccc3)cc3cc(Cl)ccc32)cc1. The van der Waals surface area contributed by atoms with Crippen LogP contribution in [0.3, 0.4) is 0 Å². The second kappa shape index (κ2) is 5.60. The predicted molar refractivity (Wildman–Crippen MR) is 98.5 cm³/mol. The van der Waals surface area contributed by atoms with Crippen LogP contribution >= 0.6 is 11.6 Å². The maximum absolute atomic E-state index is 6.18. The maximum Gasteiger partial charge on any atom is 0.0540 e. The number of fused-ring (bicyclic) bond motifs is 1. The number of nitrogens with zero attached hydrogens (tertiary/aromatic N) is 1. The first-order valence-electron chi connectivity index (χ1n) is 7.66. The summed E-state index contributed by atoms with van der Waals surface area (Å²) >= 11 is 6.18. The molecule has 4 aromatic rings. The first-order valence-corrected chi connectivity index (χ1v) is 8.04. The summed E-state index contributed by atoms with van der Waals surface area (Å²) in [5.41, 5.74) is 5.95. The van der Waals surface area contributed by atoms with Crippen molar-refractivity contribution in [3.05, 3.63) is 89.4 Å². The Morgan fingerprint density at radius 2 is 1.52 bits per heavy atom. The smallest absolute Gasteiger partial charge is 0.0540 e. The first kappa shape index (κ1) is 14.1. The quantitative estimate of drug-likeness (QED) is 0.411. The highest BCUT2D eigenvalue weighted by molar-refractivity contribution is 6.31. The van der Waals surface area contributed by atoms with Gasteiger partial charge in [-0.1, -0.05) is 59.6 Å². The molecule has 1 nitrogen and oxygen atoms in total. The Hall–Kier alpha value is -2.51. The molecule has 0 aliphatic heterocycles. The third kappa shape index (κ3) is 2.54. The molecule has 0 radical (unpaired) electrons. The molecule has 0 amide bonds. The van der Waals surface area contributed by atoms with Crippen LogP contribution in [0.25, 0.3) is 27.8 Å². The summed E-state index contributed by atoms with van der Waals surface area (Å²) in [6.45, 7) is 2.11. The van der Waals surface area contributed by atoms with Crippen molar-refractivity contribution in [2.45, 2.75) is 6.92 Å². The summed E-state index contributed by atoms with van der Waals surface area (Å²) in [6, 6.07) is 27.3. The predicted octanol–water partition coefficient (Wildman–Crippen LogP) is 6.26. The molecule has 3 aromatic carbocycles. The topological polar surface area (TPSA) is 4.93 Å². The standard InChI is InChI=1S/C21H16ClN/c1-15-7-10-19(11-8-15)23-20-12-9-18(22)13-17(20)14-21(23)16-5-3-2-4-6-16/h2-14H,1H3. The molecule has 0 aliphatic rings. The molecule has 0 bridgehead atoms. The van der Waals surface area contributed by atoms with Gasteiger partial charge in [-0.15, -0.1) is 0 Å². The average Bonchev–Trinajstić information content (AvgIpc) is 2.95. The second-order valence-electron chi connectivity index (χ2n) is 5.77. The van der Waals surface area contributed by atoms with Gasteiger partial charge in [0.1, 0.15) is 0 Å². The average molecular weight is 318 g/mol. The van der Waals surface area contributed by atoms with Gasteiger partial charge in [-0.2, -0.15) is 0 Å². The van der Waals surface area contributed by atoms with Crippen molar-refractivity contribution in [1.82, 2.24) is 4.57 Å². The molecule has 0 N–H and O–H groups in total. The van der Waals surface area contributed by atoms with Gasteiger partial charge in [0.05, 0.1) is 11.2 Å². The fourth-order valence-corrected chi connectivity index (χ4v) is 3.16. The molecule has 0 atom stereocenters. The zero-order valence-corrected chi connectivity index (χ0v) is 13.6. The van der Waals surface area contributed by atoms with Crippen LogP contribution in [0.1, 0.15) is 5.56 Å². The van der Waals surface area contributed by atoms with Crippen molar-refractivity contribution in [3.63, 3.8) is 0 Å². The van der Waals surface area contributed by atoms with Crippen LogP contribution in [0, 0.1) is 6.92 Å². The normalized spacial score (nSPS) is 11.0. The molecule has 1 aromatic heterocycles. The Balaban J connectivity index is 2.05.